The maximum absolute atomic E-state index is 11.8. The van der Waals surface area contributed by atoms with Crippen LogP contribution in [0.2, 0.25) is 0 Å². The van der Waals surface area contributed by atoms with Crippen molar-refractivity contribution in [1.29, 1.82) is 0 Å². The first-order chi connectivity index (χ1) is 9.43. The summed E-state index contributed by atoms with van der Waals surface area (Å²) < 4.78 is 0. The van der Waals surface area contributed by atoms with Gasteiger partial charge in [-0.1, -0.05) is 12.1 Å². The Balaban J connectivity index is 2.56. The summed E-state index contributed by atoms with van der Waals surface area (Å²) in [6.45, 7) is 5.47. The Morgan fingerprint density at radius 1 is 1.20 bits per heavy atom. The van der Waals surface area contributed by atoms with Crippen molar-refractivity contribution >= 4 is 29.5 Å². The molecule has 6 heteroatoms. The zero-order valence-corrected chi connectivity index (χ0v) is 12.5. The molecule has 1 rings (SSSR count). The zero-order chi connectivity index (χ0) is 15.1. The van der Waals surface area contributed by atoms with E-state index < -0.39 is 11.3 Å². The molecule has 0 saturated carbocycles. The minimum absolute atomic E-state index is 0.00331. The van der Waals surface area contributed by atoms with Gasteiger partial charge in [-0.25, -0.2) is 4.79 Å². The Kier molecular flexibility index (Phi) is 6.24. The van der Waals surface area contributed by atoms with Crippen LogP contribution < -0.4 is 10.6 Å². The molecule has 0 bridgehead atoms. The van der Waals surface area contributed by atoms with Crippen molar-refractivity contribution in [2.24, 2.45) is 0 Å². The fourth-order valence-corrected chi connectivity index (χ4v) is 2.31. The number of ketones is 1. The number of nitrogens with one attached hydrogen (secondary N) is 2. The third-order valence-corrected chi connectivity index (χ3v) is 3.63. The first-order valence-electron chi connectivity index (χ1n) is 6.30. The lowest BCUT2D eigenvalue weighted by molar-refractivity contribution is -0.119. The van der Waals surface area contributed by atoms with E-state index in [0.717, 1.165) is 4.90 Å². The third kappa shape index (κ3) is 5.05. The molecule has 0 heterocycles. The van der Waals surface area contributed by atoms with Crippen LogP contribution in [0.15, 0.2) is 29.2 Å². The lowest BCUT2D eigenvalue weighted by Crippen LogP contribution is -2.42. The van der Waals surface area contributed by atoms with Gasteiger partial charge in [0.15, 0.2) is 5.78 Å². The number of carbonyl (C=O) groups is 3. The second-order valence-corrected chi connectivity index (χ2v) is 5.60. The van der Waals surface area contributed by atoms with Gasteiger partial charge < -0.3 is 5.32 Å². The van der Waals surface area contributed by atoms with E-state index in [2.05, 4.69) is 10.6 Å². The van der Waals surface area contributed by atoms with Gasteiger partial charge in [0, 0.05) is 17.0 Å². The number of rotatable bonds is 5. The number of Topliss-reactive ketones (excluding diaryl/α,β-unsaturated/α-hetero) is 1. The number of carbonyl (C=O) groups excluding carboxylic acids is 3. The highest BCUT2D eigenvalue weighted by Crippen LogP contribution is 2.23. The van der Waals surface area contributed by atoms with Crippen LogP contribution in [0.4, 0.5) is 4.79 Å². The van der Waals surface area contributed by atoms with Crippen LogP contribution in [0.25, 0.3) is 0 Å². The Hall–Kier alpha value is -1.82. The fraction of sp³-hybridized carbons (Fsp3) is 0.357. The van der Waals surface area contributed by atoms with E-state index >= 15 is 0 Å². The molecule has 1 aromatic rings. The number of hydrogen-bond donors (Lipinski definition) is 2. The van der Waals surface area contributed by atoms with Crippen LogP contribution in [0.5, 0.6) is 0 Å². The van der Waals surface area contributed by atoms with E-state index in [9.17, 15) is 14.4 Å². The summed E-state index contributed by atoms with van der Waals surface area (Å²) in [5, 5.41) is 4.36. The Morgan fingerprint density at radius 2 is 1.80 bits per heavy atom. The Labute approximate surface area is 122 Å². The standard InChI is InChI=1S/C14H18N2O3S/c1-4-15-14(19)16-13(18)10(3)20-12-7-5-11(6-8-12)9(2)17/h5-8,10H,4H2,1-3H3,(H2,15,16,18,19). The second kappa shape index (κ2) is 7.69. The molecule has 1 atom stereocenters. The molecular formula is C14H18N2O3S. The first kappa shape index (κ1) is 16.2. The topological polar surface area (TPSA) is 75.3 Å². The highest BCUT2D eigenvalue weighted by Gasteiger charge is 2.16. The van der Waals surface area contributed by atoms with E-state index in [0.29, 0.717) is 12.1 Å². The van der Waals surface area contributed by atoms with Crippen LogP contribution in [-0.2, 0) is 4.79 Å². The quantitative estimate of drug-likeness (QED) is 0.645. The Morgan fingerprint density at radius 3 is 2.30 bits per heavy atom. The predicted octanol–water partition coefficient (Wildman–Crippen LogP) is 2.22. The van der Waals surface area contributed by atoms with Crippen molar-refractivity contribution in [3.05, 3.63) is 29.8 Å². The average molecular weight is 294 g/mol. The van der Waals surface area contributed by atoms with Gasteiger partial charge in [-0.05, 0) is 32.9 Å². The molecule has 0 saturated heterocycles. The number of hydrogen-bond acceptors (Lipinski definition) is 4. The monoisotopic (exact) mass is 294 g/mol. The first-order valence-corrected chi connectivity index (χ1v) is 7.18. The van der Waals surface area contributed by atoms with Crippen molar-refractivity contribution in [2.75, 3.05) is 6.54 Å². The predicted molar refractivity (Wildman–Crippen MR) is 79.0 cm³/mol. The van der Waals surface area contributed by atoms with Gasteiger partial charge in [0.05, 0.1) is 5.25 Å². The van der Waals surface area contributed by atoms with Gasteiger partial charge in [0.1, 0.15) is 0 Å². The Bertz CT molecular complexity index is 500. The van der Waals surface area contributed by atoms with Crippen molar-refractivity contribution in [3.8, 4) is 0 Å². The molecule has 0 fully saturated rings. The summed E-state index contributed by atoms with van der Waals surface area (Å²) in [6, 6.07) is 6.53. The van der Waals surface area contributed by atoms with E-state index in [1.807, 2.05) is 0 Å². The molecule has 0 aliphatic carbocycles. The van der Waals surface area contributed by atoms with Crippen molar-refractivity contribution in [1.82, 2.24) is 10.6 Å². The van der Waals surface area contributed by atoms with E-state index in [4.69, 9.17) is 0 Å². The SMILES string of the molecule is CCNC(=O)NC(=O)C(C)Sc1ccc(C(C)=O)cc1. The lowest BCUT2D eigenvalue weighted by Gasteiger charge is -2.11. The smallest absolute Gasteiger partial charge is 0.321 e. The third-order valence-electron chi connectivity index (χ3n) is 2.52. The molecule has 0 aliphatic rings. The molecule has 20 heavy (non-hydrogen) atoms. The van der Waals surface area contributed by atoms with E-state index in [1.165, 1.54) is 18.7 Å². The maximum Gasteiger partial charge on any atom is 0.321 e. The summed E-state index contributed by atoms with van der Waals surface area (Å²) in [4.78, 5) is 35.0. The van der Waals surface area contributed by atoms with Crippen LogP contribution >= 0.6 is 11.8 Å². The van der Waals surface area contributed by atoms with Crippen LogP contribution in [0, 0.1) is 0 Å². The zero-order valence-electron chi connectivity index (χ0n) is 11.7. The molecule has 3 amide bonds. The summed E-state index contributed by atoms with van der Waals surface area (Å²) in [6.07, 6.45) is 0. The second-order valence-electron chi connectivity index (χ2n) is 4.19. The van der Waals surface area contributed by atoms with Crippen molar-refractivity contribution < 1.29 is 14.4 Å². The fourth-order valence-electron chi connectivity index (χ4n) is 1.44. The molecule has 108 valence electrons. The van der Waals surface area contributed by atoms with Gasteiger partial charge >= 0.3 is 6.03 Å². The number of amides is 3. The molecule has 0 radical (unpaired) electrons. The van der Waals surface area contributed by atoms with Crippen LogP contribution in [-0.4, -0.2) is 29.5 Å². The summed E-state index contributed by atoms with van der Waals surface area (Å²) in [5.41, 5.74) is 0.633. The molecule has 2 N–H and O–H groups in total. The molecule has 1 unspecified atom stereocenters. The number of thioether (sulfide) groups is 1. The van der Waals surface area contributed by atoms with Crippen molar-refractivity contribution in [2.45, 2.75) is 30.9 Å². The minimum Gasteiger partial charge on any atom is -0.338 e. The summed E-state index contributed by atoms with van der Waals surface area (Å²) in [7, 11) is 0. The van der Waals surface area contributed by atoms with Gasteiger partial charge in [0.2, 0.25) is 5.91 Å². The van der Waals surface area contributed by atoms with Crippen LogP contribution in [0.1, 0.15) is 31.1 Å². The summed E-state index contributed by atoms with van der Waals surface area (Å²) >= 11 is 1.33. The van der Waals surface area contributed by atoms with Gasteiger partial charge in [-0.15, -0.1) is 11.8 Å². The normalized spacial score (nSPS) is 11.6. The average Bonchev–Trinajstić information content (AvgIpc) is 2.39. The van der Waals surface area contributed by atoms with E-state index in [-0.39, 0.29) is 11.7 Å². The van der Waals surface area contributed by atoms with Gasteiger partial charge in [0.25, 0.3) is 0 Å². The van der Waals surface area contributed by atoms with Gasteiger partial charge in [-0.2, -0.15) is 0 Å². The number of urea groups is 1. The van der Waals surface area contributed by atoms with E-state index in [1.54, 1.807) is 38.1 Å². The maximum atomic E-state index is 11.8. The molecule has 0 aromatic heterocycles. The molecular weight excluding hydrogens is 276 g/mol. The molecule has 5 nitrogen and oxygen atoms in total. The number of benzene rings is 1. The van der Waals surface area contributed by atoms with Crippen molar-refractivity contribution in [3.63, 3.8) is 0 Å². The minimum atomic E-state index is -0.489. The van der Waals surface area contributed by atoms with Gasteiger partial charge in [-0.3, -0.25) is 14.9 Å². The summed E-state index contributed by atoms with van der Waals surface area (Å²) in [5.74, 6) is -0.347. The highest BCUT2D eigenvalue weighted by molar-refractivity contribution is 8.00. The highest BCUT2D eigenvalue weighted by atomic mass is 32.2. The largest absolute Gasteiger partial charge is 0.338 e. The molecule has 0 aliphatic heterocycles. The lowest BCUT2D eigenvalue weighted by atomic mass is 10.2. The number of imide groups is 1. The molecule has 1 aromatic carbocycles. The van der Waals surface area contributed by atoms with Crippen LogP contribution in [0.3, 0.4) is 0 Å². The molecule has 0 spiro atoms.